The number of hydrogen-bond acceptors (Lipinski definition) is 3. The largest absolute Gasteiger partial charge is 0.385 e. The smallest absolute Gasteiger partial charge is 0.170 e. The normalized spacial score (nSPS) is 18.5. The zero-order chi connectivity index (χ0) is 22.0. The van der Waals surface area contributed by atoms with Gasteiger partial charge in [0.2, 0.25) is 0 Å². The highest BCUT2D eigenvalue weighted by atomic mass is 32.1. The molecule has 1 aliphatic heterocycles. The van der Waals surface area contributed by atoms with Gasteiger partial charge in [0, 0.05) is 43.5 Å². The van der Waals surface area contributed by atoms with Gasteiger partial charge in [-0.2, -0.15) is 0 Å². The van der Waals surface area contributed by atoms with E-state index in [4.69, 9.17) is 17.0 Å². The molecule has 7 heteroatoms. The van der Waals surface area contributed by atoms with Crippen molar-refractivity contribution < 1.29 is 9.13 Å². The van der Waals surface area contributed by atoms with E-state index in [1.54, 1.807) is 7.11 Å². The van der Waals surface area contributed by atoms with Gasteiger partial charge in [0.15, 0.2) is 5.11 Å². The number of ether oxygens (including phenoxy) is 1. The maximum absolute atomic E-state index is 13.5. The van der Waals surface area contributed by atoms with E-state index in [9.17, 15) is 4.39 Å². The van der Waals surface area contributed by atoms with Crippen LogP contribution >= 0.6 is 12.2 Å². The van der Waals surface area contributed by atoms with Gasteiger partial charge >= 0.3 is 0 Å². The van der Waals surface area contributed by atoms with Crippen molar-refractivity contribution in [2.45, 2.75) is 32.4 Å². The number of nitrogens with zero attached hydrogens (tertiary/aromatic N) is 3. The number of benzene rings is 1. The molecule has 1 aromatic carbocycles. The predicted molar refractivity (Wildman–Crippen MR) is 124 cm³/mol. The quantitative estimate of drug-likeness (QED) is 0.430. The Hall–Kier alpha value is -2.77. The zero-order valence-electron chi connectivity index (χ0n) is 18.0. The SMILES string of the molecule is COCCCN1C(=S)NC(c2ccccn2)C1c1cc(C)n(-c2ccc(F)cc2)c1C. The maximum Gasteiger partial charge on any atom is 0.170 e. The average molecular weight is 439 g/mol. The summed E-state index contributed by atoms with van der Waals surface area (Å²) in [6, 6.07) is 14.7. The highest BCUT2D eigenvalue weighted by Gasteiger charge is 2.41. The molecule has 0 aliphatic carbocycles. The molecule has 1 aliphatic rings. The molecule has 1 N–H and O–H groups in total. The Morgan fingerprint density at radius 2 is 1.94 bits per heavy atom. The Bertz CT molecular complexity index is 1050. The Morgan fingerprint density at radius 3 is 2.61 bits per heavy atom. The van der Waals surface area contributed by atoms with Crippen LogP contribution in [-0.2, 0) is 4.74 Å². The highest BCUT2D eigenvalue weighted by molar-refractivity contribution is 7.80. The molecule has 0 saturated carbocycles. The number of rotatable bonds is 7. The molecule has 2 aromatic heterocycles. The lowest BCUT2D eigenvalue weighted by atomic mass is 9.96. The summed E-state index contributed by atoms with van der Waals surface area (Å²) >= 11 is 5.73. The minimum atomic E-state index is -0.240. The number of aryl methyl sites for hydroxylation is 1. The first kappa shape index (κ1) is 21.5. The van der Waals surface area contributed by atoms with Crippen LogP contribution in [0.25, 0.3) is 5.69 Å². The standard InChI is InChI=1S/C24H27FN4OS/c1-16-15-20(17(2)29(16)19-10-8-18(25)9-11-19)23-22(21-7-4-5-12-26-21)27-24(31)28(23)13-6-14-30-3/h4-5,7-12,15,22-23H,6,13-14H2,1-3H3,(H,27,31). The summed E-state index contributed by atoms with van der Waals surface area (Å²) in [6.07, 6.45) is 2.69. The molecule has 3 heterocycles. The van der Waals surface area contributed by atoms with Crippen LogP contribution in [0.1, 0.15) is 41.1 Å². The van der Waals surface area contributed by atoms with E-state index >= 15 is 0 Å². The Labute approximate surface area is 187 Å². The van der Waals surface area contributed by atoms with Gasteiger partial charge in [-0.05, 0) is 80.5 Å². The first-order valence-electron chi connectivity index (χ1n) is 10.4. The van der Waals surface area contributed by atoms with Gasteiger partial charge in [-0.25, -0.2) is 4.39 Å². The van der Waals surface area contributed by atoms with E-state index in [-0.39, 0.29) is 17.9 Å². The molecular formula is C24H27FN4OS. The second-order valence-electron chi connectivity index (χ2n) is 7.80. The zero-order valence-corrected chi connectivity index (χ0v) is 18.8. The Morgan fingerprint density at radius 1 is 1.16 bits per heavy atom. The number of halogens is 1. The summed E-state index contributed by atoms with van der Waals surface area (Å²) in [5.41, 5.74) is 5.28. The first-order chi connectivity index (χ1) is 15.0. The van der Waals surface area contributed by atoms with Gasteiger partial charge in [-0.1, -0.05) is 6.07 Å². The van der Waals surface area contributed by atoms with Crippen LogP contribution in [0.15, 0.2) is 54.7 Å². The van der Waals surface area contributed by atoms with Crippen LogP contribution in [0.4, 0.5) is 4.39 Å². The number of thiocarbonyl (C=S) groups is 1. The molecule has 2 atom stereocenters. The lowest BCUT2D eigenvalue weighted by Gasteiger charge is -2.28. The molecule has 4 rings (SSSR count). The monoisotopic (exact) mass is 438 g/mol. The lowest BCUT2D eigenvalue weighted by Crippen LogP contribution is -2.31. The molecule has 162 valence electrons. The van der Waals surface area contributed by atoms with Crippen molar-refractivity contribution in [2.75, 3.05) is 20.3 Å². The van der Waals surface area contributed by atoms with Crippen molar-refractivity contribution in [1.82, 2.24) is 19.8 Å². The molecule has 2 unspecified atom stereocenters. The molecular weight excluding hydrogens is 411 g/mol. The van der Waals surface area contributed by atoms with Gasteiger partial charge in [0.1, 0.15) is 5.82 Å². The second-order valence-corrected chi connectivity index (χ2v) is 8.19. The van der Waals surface area contributed by atoms with Gasteiger partial charge in [0.25, 0.3) is 0 Å². The number of nitrogens with one attached hydrogen (secondary N) is 1. The molecule has 0 bridgehead atoms. The highest BCUT2D eigenvalue weighted by Crippen LogP contribution is 2.41. The van der Waals surface area contributed by atoms with Crippen LogP contribution in [0.3, 0.4) is 0 Å². The lowest BCUT2D eigenvalue weighted by molar-refractivity contribution is 0.180. The van der Waals surface area contributed by atoms with E-state index in [1.807, 2.05) is 36.5 Å². The molecule has 31 heavy (non-hydrogen) atoms. The second kappa shape index (κ2) is 9.16. The summed E-state index contributed by atoms with van der Waals surface area (Å²) in [7, 11) is 1.71. The molecule has 1 saturated heterocycles. The van der Waals surface area contributed by atoms with Gasteiger partial charge < -0.3 is 19.5 Å². The minimum Gasteiger partial charge on any atom is -0.385 e. The third-order valence-electron chi connectivity index (χ3n) is 5.82. The van der Waals surface area contributed by atoms with E-state index in [0.29, 0.717) is 6.61 Å². The van der Waals surface area contributed by atoms with Crippen LogP contribution < -0.4 is 5.32 Å². The van der Waals surface area contributed by atoms with Crippen molar-refractivity contribution in [3.8, 4) is 5.69 Å². The summed E-state index contributed by atoms with van der Waals surface area (Å²) in [5.74, 6) is -0.240. The summed E-state index contributed by atoms with van der Waals surface area (Å²) in [6.45, 7) is 5.64. The van der Waals surface area contributed by atoms with Crippen molar-refractivity contribution in [1.29, 1.82) is 0 Å². The summed E-state index contributed by atoms with van der Waals surface area (Å²) in [4.78, 5) is 6.85. The molecule has 0 spiro atoms. The van der Waals surface area contributed by atoms with E-state index in [0.717, 1.165) is 40.8 Å². The molecule has 0 radical (unpaired) electrons. The van der Waals surface area contributed by atoms with Crippen molar-refractivity contribution in [3.05, 3.63) is 83.2 Å². The third kappa shape index (κ3) is 4.20. The first-order valence-corrected chi connectivity index (χ1v) is 10.8. The fourth-order valence-corrected chi connectivity index (χ4v) is 4.77. The van der Waals surface area contributed by atoms with E-state index in [1.165, 1.54) is 17.7 Å². The summed E-state index contributed by atoms with van der Waals surface area (Å²) in [5, 5.41) is 4.22. The van der Waals surface area contributed by atoms with Gasteiger partial charge in [0.05, 0.1) is 17.8 Å². The van der Waals surface area contributed by atoms with Crippen molar-refractivity contribution in [3.63, 3.8) is 0 Å². The predicted octanol–water partition coefficient (Wildman–Crippen LogP) is 4.64. The van der Waals surface area contributed by atoms with Crippen LogP contribution in [-0.4, -0.2) is 39.8 Å². The Kier molecular flexibility index (Phi) is 6.34. The fourth-order valence-electron chi connectivity index (χ4n) is 4.44. The Balaban J connectivity index is 1.78. The average Bonchev–Trinajstić information content (AvgIpc) is 3.25. The fraction of sp³-hybridized carbons (Fsp3) is 0.333. The number of aromatic nitrogens is 2. The van der Waals surface area contributed by atoms with Crippen LogP contribution in [0.5, 0.6) is 0 Å². The van der Waals surface area contributed by atoms with E-state index in [2.05, 4.69) is 39.7 Å². The van der Waals surface area contributed by atoms with Crippen molar-refractivity contribution in [2.24, 2.45) is 0 Å². The van der Waals surface area contributed by atoms with Gasteiger partial charge in [-0.15, -0.1) is 0 Å². The number of methoxy groups -OCH3 is 1. The number of pyridine rings is 1. The summed E-state index contributed by atoms with van der Waals surface area (Å²) < 4.78 is 20.9. The molecule has 3 aromatic rings. The van der Waals surface area contributed by atoms with Gasteiger partial charge in [-0.3, -0.25) is 4.98 Å². The molecule has 0 amide bonds. The molecule has 1 fully saturated rings. The van der Waals surface area contributed by atoms with Crippen molar-refractivity contribution >= 4 is 17.3 Å². The van der Waals surface area contributed by atoms with E-state index < -0.39 is 0 Å². The topological polar surface area (TPSA) is 42.3 Å². The minimum absolute atomic E-state index is 0.000320. The maximum atomic E-state index is 13.5. The van der Waals surface area contributed by atoms with Crippen LogP contribution in [0.2, 0.25) is 0 Å². The third-order valence-corrected chi connectivity index (χ3v) is 6.17. The molecule has 5 nitrogen and oxygen atoms in total. The van der Waals surface area contributed by atoms with Crippen LogP contribution in [0, 0.1) is 19.7 Å². The number of hydrogen-bond donors (Lipinski definition) is 1.